The van der Waals surface area contributed by atoms with E-state index in [1.165, 1.54) is 173 Å². The fraction of sp³-hybridized carbons (Fsp3) is 0.944. The summed E-state index contributed by atoms with van der Waals surface area (Å²) < 4.78 is 68.3. The van der Waals surface area contributed by atoms with Gasteiger partial charge in [0.2, 0.25) is 0 Å². The molecule has 5 atom stereocenters. The number of carbonyl (C=O) groups is 4. The van der Waals surface area contributed by atoms with E-state index >= 15 is 0 Å². The molecule has 534 valence electrons. The second-order valence-electron chi connectivity index (χ2n) is 26.6. The molecule has 0 spiro atoms. The Morgan fingerprint density at radius 3 is 0.756 bits per heavy atom. The first-order valence-corrected chi connectivity index (χ1v) is 40.0. The summed E-state index contributed by atoms with van der Waals surface area (Å²) in [4.78, 5) is 72.5. The maximum absolute atomic E-state index is 13.0. The molecule has 0 heterocycles. The zero-order valence-electron chi connectivity index (χ0n) is 58.4. The summed E-state index contributed by atoms with van der Waals surface area (Å²) >= 11 is 0. The molecule has 0 saturated heterocycles. The Kier molecular flexibility index (Phi) is 61.8. The molecule has 0 aromatic heterocycles. The van der Waals surface area contributed by atoms with Crippen LogP contribution in [0.3, 0.4) is 0 Å². The molecular weight excluding hydrogens is 1190 g/mol. The van der Waals surface area contributed by atoms with Crippen LogP contribution >= 0.6 is 15.6 Å². The molecule has 0 rings (SSSR count). The molecule has 2 unspecified atom stereocenters. The molecule has 0 fully saturated rings. The standard InChI is InChI=1S/C71H138O17P2/c1-7-9-11-13-15-17-19-21-22-23-24-26-32-36-44-50-56-71(76)87-66(59-81-68(73)53-47-41-34-30-28-27-29-33-39-45-51-63(3)4)61-85-89(77,78)83-57-65(72)58-84-90(79,80)86-62-67(60-82-69(74)54-48-42-38-37-40-46-52-64(5)6)88-70(75)55-49-43-35-31-25-20-18-16-14-12-10-8-2/h63-67,72H,7-62H2,1-6H3,(H,77,78)(H,79,80)/t65-,66-,67-/m1/s1. The van der Waals surface area contributed by atoms with E-state index in [0.717, 1.165) is 102 Å². The van der Waals surface area contributed by atoms with Gasteiger partial charge in [-0.05, 0) is 37.5 Å². The van der Waals surface area contributed by atoms with Crippen molar-refractivity contribution in [3.8, 4) is 0 Å². The molecule has 3 N–H and O–H groups in total. The predicted octanol–water partition coefficient (Wildman–Crippen LogP) is 20.4. The molecule has 0 aliphatic rings. The summed E-state index contributed by atoms with van der Waals surface area (Å²) in [5, 5.41) is 10.6. The van der Waals surface area contributed by atoms with Gasteiger partial charge in [-0.3, -0.25) is 37.3 Å². The van der Waals surface area contributed by atoms with Crippen molar-refractivity contribution in [2.24, 2.45) is 11.8 Å². The van der Waals surface area contributed by atoms with E-state index in [2.05, 4.69) is 41.5 Å². The van der Waals surface area contributed by atoms with Crippen LogP contribution in [-0.4, -0.2) is 96.7 Å². The summed E-state index contributed by atoms with van der Waals surface area (Å²) in [7, 11) is -9.90. The maximum Gasteiger partial charge on any atom is 0.472 e. The number of phosphoric ester groups is 2. The Morgan fingerprint density at radius 1 is 0.300 bits per heavy atom. The summed E-state index contributed by atoms with van der Waals surface area (Å²) in [5.41, 5.74) is 0. The van der Waals surface area contributed by atoms with E-state index in [1.807, 2.05) is 0 Å². The first-order valence-electron chi connectivity index (χ1n) is 37.0. The van der Waals surface area contributed by atoms with E-state index in [9.17, 15) is 43.2 Å². The van der Waals surface area contributed by atoms with Crippen molar-refractivity contribution in [1.29, 1.82) is 0 Å². The lowest BCUT2D eigenvalue weighted by Crippen LogP contribution is -2.30. The van der Waals surface area contributed by atoms with Crippen LogP contribution in [0.4, 0.5) is 0 Å². The average molecular weight is 1330 g/mol. The normalized spacial score (nSPS) is 14.1. The van der Waals surface area contributed by atoms with Gasteiger partial charge in [0.15, 0.2) is 12.2 Å². The number of aliphatic hydroxyl groups is 1. The predicted molar refractivity (Wildman–Crippen MR) is 363 cm³/mol. The van der Waals surface area contributed by atoms with Crippen LogP contribution in [0, 0.1) is 11.8 Å². The van der Waals surface area contributed by atoms with Crippen LogP contribution in [0.15, 0.2) is 0 Å². The largest absolute Gasteiger partial charge is 0.472 e. The third-order valence-corrected chi connectivity index (χ3v) is 18.4. The number of carbonyl (C=O) groups excluding carboxylic acids is 4. The second-order valence-corrected chi connectivity index (χ2v) is 29.5. The highest BCUT2D eigenvalue weighted by atomic mass is 31.2. The summed E-state index contributed by atoms with van der Waals surface area (Å²) in [6.45, 7) is 9.47. The second kappa shape index (κ2) is 63.1. The minimum atomic E-state index is -4.95. The minimum absolute atomic E-state index is 0.106. The van der Waals surface area contributed by atoms with Crippen molar-refractivity contribution in [3.63, 3.8) is 0 Å². The highest BCUT2D eigenvalue weighted by molar-refractivity contribution is 7.47. The van der Waals surface area contributed by atoms with Crippen LogP contribution in [-0.2, 0) is 65.4 Å². The van der Waals surface area contributed by atoms with Gasteiger partial charge in [0.1, 0.15) is 19.3 Å². The fourth-order valence-electron chi connectivity index (χ4n) is 10.8. The summed E-state index contributed by atoms with van der Waals surface area (Å²) in [5.74, 6) is -0.685. The van der Waals surface area contributed by atoms with E-state index < -0.39 is 97.5 Å². The SMILES string of the molecule is CCCCCCCCCCCCCCCCCCC(=O)O[C@H](COC(=O)CCCCCCCCCCCCC(C)C)COP(=O)(O)OC[C@@H](O)COP(=O)(O)OC[C@@H](COC(=O)CCCCCCCCC(C)C)OC(=O)CCCCCCCCCCCCCC. The lowest BCUT2D eigenvalue weighted by molar-refractivity contribution is -0.161. The van der Waals surface area contributed by atoms with Crippen LogP contribution < -0.4 is 0 Å². The van der Waals surface area contributed by atoms with Gasteiger partial charge in [-0.15, -0.1) is 0 Å². The van der Waals surface area contributed by atoms with Crippen molar-refractivity contribution in [2.45, 2.75) is 381 Å². The lowest BCUT2D eigenvalue weighted by atomic mass is 10.0. The third kappa shape index (κ3) is 64.8. The molecule has 0 amide bonds. The molecule has 0 saturated carbocycles. The Labute approximate surface area is 549 Å². The van der Waals surface area contributed by atoms with Crippen LogP contribution in [0.1, 0.15) is 363 Å². The van der Waals surface area contributed by atoms with Crippen molar-refractivity contribution in [1.82, 2.24) is 0 Å². The molecule has 17 nitrogen and oxygen atoms in total. The van der Waals surface area contributed by atoms with Gasteiger partial charge in [-0.25, -0.2) is 9.13 Å². The molecule has 90 heavy (non-hydrogen) atoms. The third-order valence-electron chi connectivity index (χ3n) is 16.5. The van der Waals surface area contributed by atoms with Gasteiger partial charge in [0, 0.05) is 25.7 Å². The topological polar surface area (TPSA) is 237 Å². The van der Waals surface area contributed by atoms with Crippen molar-refractivity contribution in [2.75, 3.05) is 39.6 Å². The molecular formula is C71H138O17P2. The Bertz CT molecular complexity index is 1750. The molecule has 0 radical (unpaired) electrons. The average Bonchev–Trinajstić information content (AvgIpc) is 2.48. The molecule has 0 aromatic carbocycles. The first kappa shape index (κ1) is 88.1. The first-order chi connectivity index (χ1) is 43.4. The zero-order chi connectivity index (χ0) is 66.5. The molecule has 0 aromatic rings. The van der Waals surface area contributed by atoms with Crippen molar-refractivity contribution in [3.05, 3.63) is 0 Å². The number of phosphoric acid groups is 2. The summed E-state index contributed by atoms with van der Waals surface area (Å²) in [6.07, 6.45) is 48.6. The number of unbranched alkanes of at least 4 members (excludes halogenated alkanes) is 40. The van der Waals surface area contributed by atoms with Gasteiger partial charge >= 0.3 is 39.5 Å². The Hall–Kier alpha value is -1.94. The number of hydrogen-bond acceptors (Lipinski definition) is 15. The highest BCUT2D eigenvalue weighted by Gasteiger charge is 2.30. The Balaban J connectivity index is 5.24. The van der Waals surface area contributed by atoms with E-state index in [-0.39, 0.29) is 25.7 Å². The zero-order valence-corrected chi connectivity index (χ0v) is 60.2. The van der Waals surface area contributed by atoms with Gasteiger partial charge in [0.05, 0.1) is 26.4 Å². The number of aliphatic hydroxyl groups excluding tert-OH is 1. The van der Waals surface area contributed by atoms with Gasteiger partial charge in [-0.2, -0.15) is 0 Å². The maximum atomic E-state index is 13.0. The smallest absolute Gasteiger partial charge is 0.462 e. The van der Waals surface area contributed by atoms with Crippen molar-refractivity contribution < 1.29 is 80.2 Å². The van der Waals surface area contributed by atoms with Gasteiger partial charge in [0.25, 0.3) is 0 Å². The van der Waals surface area contributed by atoms with E-state index in [1.54, 1.807) is 0 Å². The van der Waals surface area contributed by atoms with Crippen LogP contribution in [0.25, 0.3) is 0 Å². The number of esters is 4. The quantitative estimate of drug-likeness (QED) is 0.0222. The van der Waals surface area contributed by atoms with Crippen LogP contribution in [0.2, 0.25) is 0 Å². The lowest BCUT2D eigenvalue weighted by Gasteiger charge is -2.21. The number of rotatable bonds is 70. The molecule has 0 aliphatic carbocycles. The fourth-order valence-corrected chi connectivity index (χ4v) is 12.3. The molecule has 0 aliphatic heterocycles. The highest BCUT2D eigenvalue weighted by Crippen LogP contribution is 2.45. The number of hydrogen-bond donors (Lipinski definition) is 3. The van der Waals surface area contributed by atoms with E-state index in [0.29, 0.717) is 31.6 Å². The molecule has 19 heteroatoms. The molecule has 0 bridgehead atoms. The summed E-state index contributed by atoms with van der Waals surface area (Å²) in [6, 6.07) is 0. The van der Waals surface area contributed by atoms with Gasteiger partial charge < -0.3 is 33.8 Å². The minimum Gasteiger partial charge on any atom is -0.462 e. The number of ether oxygens (including phenoxy) is 4. The van der Waals surface area contributed by atoms with Gasteiger partial charge in [-0.1, -0.05) is 311 Å². The van der Waals surface area contributed by atoms with E-state index in [4.69, 9.17) is 37.0 Å². The Morgan fingerprint density at radius 2 is 0.511 bits per heavy atom. The monoisotopic (exact) mass is 1320 g/mol. The van der Waals surface area contributed by atoms with Crippen LogP contribution in [0.5, 0.6) is 0 Å². The van der Waals surface area contributed by atoms with Crippen molar-refractivity contribution >= 4 is 39.5 Å².